The van der Waals surface area contributed by atoms with Gasteiger partial charge in [-0.2, -0.15) is 0 Å². The Morgan fingerprint density at radius 1 is 0.694 bits per heavy atom. The number of carboxylic acid groups (broad SMARTS) is 1. The molecule has 4 unspecified atom stereocenters. The van der Waals surface area contributed by atoms with E-state index in [9.17, 15) is 48.3 Å². The van der Waals surface area contributed by atoms with Crippen molar-refractivity contribution < 1.29 is 86.2 Å². The van der Waals surface area contributed by atoms with Crippen LogP contribution in [-0.2, 0) is 44.7 Å². The average molecular weight is 1180 g/mol. The molecule has 460 valence electrons. The fraction of sp³-hybridized carbons (Fsp3) is 0.450. The lowest BCUT2D eigenvalue weighted by atomic mass is 10.0. The summed E-state index contributed by atoms with van der Waals surface area (Å²) in [5.41, 5.74) is 1.48. The zero-order valence-electron chi connectivity index (χ0n) is 49.5. The van der Waals surface area contributed by atoms with Crippen molar-refractivity contribution in [1.29, 1.82) is 0 Å². The van der Waals surface area contributed by atoms with E-state index in [0.717, 1.165) is 5.57 Å². The summed E-state index contributed by atoms with van der Waals surface area (Å²) in [6.07, 6.45) is -0.221. The number of rotatable bonds is 27. The van der Waals surface area contributed by atoms with Crippen molar-refractivity contribution in [3.8, 4) is 23.0 Å². The van der Waals surface area contributed by atoms with Gasteiger partial charge in [0.05, 0.1) is 56.0 Å². The number of nitrogens with one attached hydrogen (secondary N) is 5. The lowest BCUT2D eigenvalue weighted by Crippen LogP contribution is -2.53. The van der Waals surface area contributed by atoms with Crippen LogP contribution in [0.5, 0.6) is 23.0 Å². The highest BCUT2D eigenvalue weighted by atomic mass is 16.6. The summed E-state index contributed by atoms with van der Waals surface area (Å²) in [6.45, 7) is 22.7. The number of likely N-dealkylation sites (tertiary alicyclic amines) is 2. The highest BCUT2D eigenvalue weighted by Gasteiger charge is 2.36. The Bertz CT molecular complexity index is 2990. The Morgan fingerprint density at radius 2 is 1.24 bits per heavy atom. The van der Waals surface area contributed by atoms with Gasteiger partial charge in [0.2, 0.25) is 11.8 Å². The maximum Gasteiger partial charge on any atom is 0.412 e. The number of carbonyl (C=O) groups is 9. The summed E-state index contributed by atoms with van der Waals surface area (Å²) >= 11 is 0. The molecule has 85 heavy (non-hydrogen) atoms. The Balaban J connectivity index is 1.30. The number of methoxy groups -OCH3 is 2. The fourth-order valence-corrected chi connectivity index (χ4v) is 8.95. The van der Waals surface area contributed by atoms with Crippen LogP contribution in [0.25, 0.3) is 0 Å². The van der Waals surface area contributed by atoms with Gasteiger partial charge < -0.3 is 68.8 Å². The van der Waals surface area contributed by atoms with E-state index in [0.29, 0.717) is 29.7 Å². The van der Waals surface area contributed by atoms with Crippen molar-refractivity contribution in [2.75, 3.05) is 69.7 Å². The molecule has 6 N–H and O–H groups in total. The molecular formula is C60H77N7O18. The van der Waals surface area contributed by atoms with E-state index in [-0.39, 0.29) is 117 Å². The molecule has 2 saturated heterocycles. The molecule has 5 rings (SSSR count). The van der Waals surface area contributed by atoms with E-state index in [1.54, 1.807) is 58.9 Å². The van der Waals surface area contributed by atoms with E-state index in [1.165, 1.54) is 68.2 Å². The standard InChI is InChI=1S/C60H77N7O18/c1-13-21-82-58(76)65-52(34(2)3)54(72)61-37(6)53(71)62-40-17-15-39(16-18-40)32-84-57(75)63-45-28-49(47(78-11)26-43(45)56(74)67-31-36(5)25-42(67)33-83-38(7)68)80-22-14-23-81-50-29-46(64-59(77)85-60(8,9)10)44(27-48(50)79-12)55(73)66-30-35(4)24-41(66)19-20-51(69)70/h13,15-18,26-29,34,37,41-42,52H,1,4-5,14,19-25,30-33H2,2-3,6-12H3,(H,61,72)(H,62,71)(H,63,75)(H,64,77)(H,65,76)(H,69,70). The minimum absolute atomic E-state index is 0.00318. The van der Waals surface area contributed by atoms with Gasteiger partial charge in [0.1, 0.15) is 37.5 Å². The van der Waals surface area contributed by atoms with Crippen LogP contribution < -0.4 is 45.5 Å². The third kappa shape index (κ3) is 19.9. The predicted octanol–water partition coefficient (Wildman–Crippen LogP) is 8.00. The number of hydrogen-bond donors (Lipinski definition) is 6. The summed E-state index contributed by atoms with van der Waals surface area (Å²) in [5, 5.41) is 22.5. The van der Waals surface area contributed by atoms with Crippen LogP contribution in [0.15, 0.2) is 85.5 Å². The van der Waals surface area contributed by atoms with Crippen LogP contribution >= 0.6 is 0 Å². The number of ether oxygens (including phenoxy) is 8. The van der Waals surface area contributed by atoms with Crippen molar-refractivity contribution in [2.24, 2.45) is 5.92 Å². The van der Waals surface area contributed by atoms with Crippen molar-refractivity contribution in [3.05, 3.63) is 102 Å². The van der Waals surface area contributed by atoms with Gasteiger partial charge in [0, 0.05) is 56.7 Å². The van der Waals surface area contributed by atoms with Crippen molar-refractivity contribution in [3.63, 3.8) is 0 Å². The van der Waals surface area contributed by atoms with Gasteiger partial charge in [-0.05, 0) is 82.7 Å². The van der Waals surface area contributed by atoms with E-state index >= 15 is 0 Å². The van der Waals surface area contributed by atoms with Crippen LogP contribution in [0.2, 0.25) is 0 Å². The zero-order chi connectivity index (χ0) is 62.7. The van der Waals surface area contributed by atoms with Gasteiger partial charge in [-0.15, -0.1) is 0 Å². The minimum Gasteiger partial charge on any atom is -0.493 e. The highest BCUT2D eigenvalue weighted by molar-refractivity contribution is 6.05. The second-order valence-electron chi connectivity index (χ2n) is 21.5. The maximum absolute atomic E-state index is 14.5. The molecule has 4 atom stereocenters. The molecule has 2 aliphatic rings. The lowest BCUT2D eigenvalue weighted by Gasteiger charge is -2.26. The normalized spacial score (nSPS) is 15.4. The van der Waals surface area contributed by atoms with Crippen LogP contribution in [-0.4, -0.2) is 152 Å². The summed E-state index contributed by atoms with van der Waals surface area (Å²) in [5.74, 6) is -3.55. The van der Waals surface area contributed by atoms with E-state index in [2.05, 4.69) is 46.3 Å². The van der Waals surface area contributed by atoms with Crippen LogP contribution in [0.3, 0.4) is 0 Å². The second kappa shape index (κ2) is 30.8. The molecule has 0 bridgehead atoms. The molecule has 0 aromatic heterocycles. The van der Waals surface area contributed by atoms with E-state index < -0.39 is 83.6 Å². The first-order chi connectivity index (χ1) is 40.2. The fourth-order valence-electron chi connectivity index (χ4n) is 8.95. The molecule has 2 heterocycles. The number of aliphatic carboxylic acids is 1. The van der Waals surface area contributed by atoms with Crippen molar-refractivity contribution in [2.45, 2.75) is 117 Å². The highest BCUT2D eigenvalue weighted by Crippen LogP contribution is 2.39. The first-order valence-corrected chi connectivity index (χ1v) is 27.4. The molecule has 2 aliphatic heterocycles. The first kappa shape index (κ1) is 66.5. The molecule has 7 amide bonds. The summed E-state index contributed by atoms with van der Waals surface area (Å²) in [7, 11) is 2.75. The van der Waals surface area contributed by atoms with Crippen LogP contribution in [0.1, 0.15) is 107 Å². The molecule has 2 fully saturated rings. The predicted molar refractivity (Wildman–Crippen MR) is 312 cm³/mol. The smallest absolute Gasteiger partial charge is 0.412 e. The number of benzene rings is 3. The number of carboxylic acids is 1. The zero-order valence-corrected chi connectivity index (χ0v) is 49.5. The first-order valence-electron chi connectivity index (χ1n) is 27.4. The third-order valence-electron chi connectivity index (χ3n) is 13.1. The maximum atomic E-state index is 14.5. The van der Waals surface area contributed by atoms with E-state index in [4.69, 9.17) is 37.9 Å². The summed E-state index contributed by atoms with van der Waals surface area (Å²) < 4.78 is 44.9. The average Bonchev–Trinajstić information content (AvgIpc) is 3.03. The number of alkyl carbamates (subject to hydrolysis) is 1. The molecule has 3 aromatic carbocycles. The van der Waals surface area contributed by atoms with Crippen LogP contribution in [0.4, 0.5) is 31.4 Å². The van der Waals surface area contributed by atoms with Crippen molar-refractivity contribution in [1.82, 2.24) is 20.4 Å². The third-order valence-corrected chi connectivity index (χ3v) is 13.1. The lowest BCUT2D eigenvalue weighted by molar-refractivity contribution is -0.142. The van der Waals surface area contributed by atoms with Gasteiger partial charge in [-0.1, -0.05) is 62.9 Å². The monoisotopic (exact) mass is 1180 g/mol. The topological polar surface area (TPSA) is 314 Å². The van der Waals surface area contributed by atoms with Crippen LogP contribution in [0, 0.1) is 5.92 Å². The number of hydrogen-bond acceptors (Lipinski definition) is 17. The Labute approximate surface area is 493 Å². The van der Waals surface area contributed by atoms with Gasteiger partial charge in [0.25, 0.3) is 11.8 Å². The quantitative estimate of drug-likeness (QED) is 0.0182. The van der Waals surface area contributed by atoms with Gasteiger partial charge in [0.15, 0.2) is 23.0 Å². The molecule has 0 saturated carbocycles. The van der Waals surface area contributed by atoms with E-state index in [1.807, 2.05) is 0 Å². The minimum atomic E-state index is -1.01. The Hall–Kier alpha value is -9.29. The molecule has 0 aliphatic carbocycles. The SMILES string of the molecule is C=CCOC(=O)NC(C(=O)NC(C)C(=O)Nc1ccc(COC(=O)Nc2cc(OCCCOc3cc(NC(=O)OC(C)(C)C)c(C(=O)N4CC(=C)CC4CCC(=O)O)cc3OC)c(OC)cc2C(=O)N2CC(=C)CC2COC(C)=O)cc1)C(C)C. The molecule has 25 nitrogen and oxygen atoms in total. The Kier molecular flexibility index (Phi) is 24.1. The number of carbonyl (C=O) groups excluding carboxylic acids is 8. The number of nitrogens with zero attached hydrogens (tertiary/aromatic N) is 2. The molecule has 0 radical (unpaired) electrons. The van der Waals surface area contributed by atoms with Crippen molar-refractivity contribution >= 4 is 70.9 Å². The van der Waals surface area contributed by atoms with Gasteiger partial charge in [-0.3, -0.25) is 39.4 Å². The molecule has 25 heteroatoms. The number of anilines is 3. The summed E-state index contributed by atoms with van der Waals surface area (Å²) in [6, 6.07) is 8.97. The molecular weight excluding hydrogens is 1110 g/mol. The molecule has 0 spiro atoms. The van der Waals surface area contributed by atoms with Gasteiger partial charge in [-0.25, -0.2) is 14.4 Å². The Morgan fingerprint density at radius 3 is 1.74 bits per heavy atom. The second-order valence-corrected chi connectivity index (χ2v) is 21.5. The molecule has 3 aromatic rings. The number of amides is 7. The number of esters is 1. The largest absolute Gasteiger partial charge is 0.493 e. The summed E-state index contributed by atoms with van der Waals surface area (Å²) in [4.78, 5) is 120. The van der Waals surface area contributed by atoms with Gasteiger partial charge >= 0.3 is 30.2 Å².